The van der Waals surface area contributed by atoms with Crippen LogP contribution in [0.15, 0.2) is 48.7 Å². The summed E-state index contributed by atoms with van der Waals surface area (Å²) >= 11 is 0. The number of pyridine rings is 1. The van der Waals surface area contributed by atoms with Crippen molar-refractivity contribution in [1.29, 1.82) is 0 Å². The predicted octanol–water partition coefficient (Wildman–Crippen LogP) is 2.92. The first-order valence-electron chi connectivity index (χ1n) is 6.54. The molecule has 0 spiro atoms. The van der Waals surface area contributed by atoms with Gasteiger partial charge in [0, 0.05) is 6.20 Å². The van der Waals surface area contributed by atoms with Crippen molar-refractivity contribution in [2.75, 3.05) is 0 Å². The summed E-state index contributed by atoms with van der Waals surface area (Å²) in [5.74, 6) is -0.329. The third-order valence-electron chi connectivity index (χ3n) is 3.20. The SMILES string of the molecule is Cc1ccc(OCc2nc3ccccn3c2C(=O)O)cc1. The van der Waals surface area contributed by atoms with E-state index in [0.717, 1.165) is 5.56 Å². The fourth-order valence-corrected chi connectivity index (χ4v) is 2.16. The molecule has 0 amide bonds. The molecule has 1 N–H and O–H groups in total. The second-order valence-corrected chi connectivity index (χ2v) is 4.74. The van der Waals surface area contributed by atoms with E-state index in [9.17, 15) is 9.90 Å². The Balaban J connectivity index is 1.91. The van der Waals surface area contributed by atoms with Crippen molar-refractivity contribution in [2.45, 2.75) is 13.5 Å². The fraction of sp³-hybridized carbons (Fsp3) is 0.125. The minimum Gasteiger partial charge on any atom is -0.487 e. The molecule has 2 aromatic heterocycles. The zero-order valence-corrected chi connectivity index (χ0v) is 11.5. The second-order valence-electron chi connectivity index (χ2n) is 4.74. The Morgan fingerprint density at radius 1 is 1.24 bits per heavy atom. The molecule has 0 aliphatic rings. The van der Waals surface area contributed by atoms with Crippen molar-refractivity contribution in [3.8, 4) is 5.75 Å². The lowest BCUT2D eigenvalue weighted by Gasteiger charge is -2.05. The average Bonchev–Trinajstić information content (AvgIpc) is 2.85. The van der Waals surface area contributed by atoms with Crippen LogP contribution >= 0.6 is 0 Å². The van der Waals surface area contributed by atoms with Gasteiger partial charge in [0.1, 0.15) is 23.7 Å². The summed E-state index contributed by atoms with van der Waals surface area (Å²) in [6.45, 7) is 2.11. The normalized spacial score (nSPS) is 10.7. The highest BCUT2D eigenvalue weighted by Gasteiger charge is 2.18. The first-order chi connectivity index (χ1) is 10.1. The van der Waals surface area contributed by atoms with Crippen LogP contribution in [0.4, 0.5) is 0 Å². The number of hydrogen-bond donors (Lipinski definition) is 1. The molecule has 0 unspecified atom stereocenters. The summed E-state index contributed by atoms with van der Waals surface area (Å²) in [5.41, 5.74) is 2.28. The van der Waals surface area contributed by atoms with Gasteiger partial charge in [0.05, 0.1) is 0 Å². The van der Waals surface area contributed by atoms with Gasteiger partial charge in [0.2, 0.25) is 0 Å². The van der Waals surface area contributed by atoms with Gasteiger partial charge in [-0.1, -0.05) is 23.8 Å². The van der Waals surface area contributed by atoms with Crippen molar-refractivity contribution >= 4 is 11.6 Å². The van der Waals surface area contributed by atoms with Gasteiger partial charge in [-0.3, -0.25) is 4.40 Å². The standard InChI is InChI=1S/C16H14N2O3/c1-11-5-7-12(8-6-11)21-10-13-15(16(19)20)18-9-3-2-4-14(18)17-13/h2-9H,10H2,1H3,(H,19,20). The van der Waals surface area contributed by atoms with Crippen molar-refractivity contribution in [1.82, 2.24) is 9.38 Å². The van der Waals surface area contributed by atoms with Gasteiger partial charge in [-0.05, 0) is 31.2 Å². The van der Waals surface area contributed by atoms with E-state index < -0.39 is 5.97 Å². The largest absolute Gasteiger partial charge is 0.487 e. The van der Waals surface area contributed by atoms with Gasteiger partial charge in [-0.25, -0.2) is 9.78 Å². The van der Waals surface area contributed by atoms with Crippen LogP contribution in [0.25, 0.3) is 5.65 Å². The predicted molar refractivity (Wildman–Crippen MR) is 77.7 cm³/mol. The van der Waals surface area contributed by atoms with E-state index in [1.807, 2.05) is 37.3 Å². The van der Waals surface area contributed by atoms with Gasteiger partial charge in [0.15, 0.2) is 5.69 Å². The Kier molecular flexibility index (Phi) is 3.31. The van der Waals surface area contributed by atoms with E-state index in [-0.39, 0.29) is 12.3 Å². The Hall–Kier alpha value is -2.82. The zero-order valence-electron chi connectivity index (χ0n) is 11.5. The maximum absolute atomic E-state index is 11.4. The molecule has 1 aromatic carbocycles. The van der Waals surface area contributed by atoms with Gasteiger partial charge in [-0.15, -0.1) is 0 Å². The molecule has 0 saturated heterocycles. The number of carbonyl (C=O) groups is 1. The number of hydrogen-bond acceptors (Lipinski definition) is 3. The van der Waals surface area contributed by atoms with Crippen LogP contribution in [0.1, 0.15) is 21.7 Å². The maximum Gasteiger partial charge on any atom is 0.354 e. The molecule has 0 saturated carbocycles. The number of nitrogens with zero attached hydrogens (tertiary/aromatic N) is 2. The summed E-state index contributed by atoms with van der Waals surface area (Å²) in [6, 6.07) is 12.9. The summed E-state index contributed by atoms with van der Waals surface area (Å²) in [4.78, 5) is 15.8. The van der Waals surface area contributed by atoms with Crippen LogP contribution < -0.4 is 4.74 Å². The smallest absolute Gasteiger partial charge is 0.354 e. The molecule has 5 heteroatoms. The van der Waals surface area contributed by atoms with E-state index in [0.29, 0.717) is 17.1 Å². The number of carboxylic acid groups (broad SMARTS) is 1. The third kappa shape index (κ3) is 2.58. The molecule has 0 fully saturated rings. The van der Waals surface area contributed by atoms with Crippen LogP contribution in [0.3, 0.4) is 0 Å². The molecule has 21 heavy (non-hydrogen) atoms. The van der Waals surface area contributed by atoms with Crippen molar-refractivity contribution < 1.29 is 14.6 Å². The summed E-state index contributed by atoms with van der Waals surface area (Å²) in [6.07, 6.45) is 1.68. The number of aromatic carboxylic acids is 1. The number of rotatable bonds is 4. The molecule has 3 rings (SSSR count). The summed E-state index contributed by atoms with van der Waals surface area (Å²) in [7, 11) is 0. The monoisotopic (exact) mass is 282 g/mol. The highest BCUT2D eigenvalue weighted by atomic mass is 16.5. The Bertz CT molecular complexity index is 791. The lowest BCUT2D eigenvalue weighted by molar-refractivity contribution is 0.0686. The number of fused-ring (bicyclic) bond motifs is 1. The molecular weight excluding hydrogens is 268 g/mol. The fourth-order valence-electron chi connectivity index (χ4n) is 2.16. The third-order valence-corrected chi connectivity index (χ3v) is 3.20. The number of imidazole rings is 1. The molecule has 0 aliphatic carbocycles. The second kappa shape index (κ2) is 5.28. The van der Waals surface area contributed by atoms with Crippen LogP contribution in [0.2, 0.25) is 0 Å². The Labute approximate surface area is 121 Å². The minimum atomic E-state index is -1.02. The number of benzene rings is 1. The zero-order chi connectivity index (χ0) is 14.8. The summed E-state index contributed by atoms with van der Waals surface area (Å²) < 4.78 is 7.18. The van der Waals surface area contributed by atoms with Crippen LogP contribution in [-0.4, -0.2) is 20.5 Å². The van der Waals surface area contributed by atoms with Gasteiger partial charge < -0.3 is 9.84 Å². The van der Waals surface area contributed by atoms with Crippen LogP contribution in [-0.2, 0) is 6.61 Å². The van der Waals surface area contributed by atoms with Gasteiger partial charge in [-0.2, -0.15) is 0 Å². The van der Waals surface area contributed by atoms with Gasteiger partial charge >= 0.3 is 5.97 Å². The summed E-state index contributed by atoms with van der Waals surface area (Å²) in [5, 5.41) is 9.37. The number of ether oxygens (including phenoxy) is 1. The van der Waals surface area contributed by atoms with E-state index in [4.69, 9.17) is 4.74 Å². The molecule has 0 bridgehead atoms. The molecule has 0 atom stereocenters. The molecule has 3 aromatic rings. The topological polar surface area (TPSA) is 63.8 Å². The van der Waals surface area contributed by atoms with Crippen LogP contribution in [0.5, 0.6) is 5.75 Å². The minimum absolute atomic E-state index is 0.117. The molecule has 106 valence electrons. The van der Waals surface area contributed by atoms with E-state index in [1.165, 1.54) is 0 Å². The first kappa shape index (κ1) is 13.2. The highest BCUT2D eigenvalue weighted by molar-refractivity contribution is 5.88. The number of aromatic nitrogens is 2. The molecule has 2 heterocycles. The quantitative estimate of drug-likeness (QED) is 0.799. The molecular formula is C16H14N2O3. The lowest BCUT2D eigenvalue weighted by Crippen LogP contribution is -2.07. The Morgan fingerprint density at radius 2 is 2.00 bits per heavy atom. The first-order valence-corrected chi connectivity index (χ1v) is 6.54. The molecule has 5 nitrogen and oxygen atoms in total. The van der Waals surface area contributed by atoms with Crippen molar-refractivity contribution in [2.24, 2.45) is 0 Å². The Morgan fingerprint density at radius 3 is 2.71 bits per heavy atom. The van der Waals surface area contributed by atoms with E-state index in [1.54, 1.807) is 22.7 Å². The number of aryl methyl sites for hydroxylation is 1. The van der Waals surface area contributed by atoms with Crippen LogP contribution in [0, 0.1) is 6.92 Å². The highest BCUT2D eigenvalue weighted by Crippen LogP contribution is 2.17. The van der Waals surface area contributed by atoms with E-state index >= 15 is 0 Å². The molecule has 0 aliphatic heterocycles. The van der Waals surface area contributed by atoms with Crippen molar-refractivity contribution in [3.63, 3.8) is 0 Å². The molecule has 0 radical (unpaired) electrons. The lowest BCUT2D eigenvalue weighted by atomic mass is 10.2. The maximum atomic E-state index is 11.4. The average molecular weight is 282 g/mol. The van der Waals surface area contributed by atoms with Crippen molar-refractivity contribution in [3.05, 3.63) is 65.6 Å². The van der Waals surface area contributed by atoms with Gasteiger partial charge in [0.25, 0.3) is 0 Å². The van der Waals surface area contributed by atoms with E-state index in [2.05, 4.69) is 4.98 Å². The number of carboxylic acids is 1.